The van der Waals surface area contributed by atoms with Crippen molar-refractivity contribution in [3.05, 3.63) is 77.0 Å². The molecule has 1 amide bonds. The van der Waals surface area contributed by atoms with Gasteiger partial charge in [-0.2, -0.15) is 4.68 Å². The van der Waals surface area contributed by atoms with Crippen molar-refractivity contribution in [3.8, 4) is 16.9 Å². The number of carboxylic acid groups (broad SMARTS) is 1. The first-order valence-electron chi connectivity index (χ1n) is 12.2. The zero-order chi connectivity index (χ0) is 26.5. The summed E-state index contributed by atoms with van der Waals surface area (Å²) in [5, 5.41) is 27.7. The Kier molecular flexibility index (Phi) is 7.45. The molecule has 2 aromatic heterocycles. The number of aromatic amines is 1. The lowest BCUT2D eigenvalue weighted by Crippen LogP contribution is -2.27. The van der Waals surface area contributed by atoms with Crippen molar-refractivity contribution in [1.29, 1.82) is 0 Å². The number of carbonyl (C=O) groups excluding carboxylic acids is 1. The van der Waals surface area contributed by atoms with Crippen molar-refractivity contribution in [2.24, 2.45) is 0 Å². The number of halogens is 1. The molecule has 1 aliphatic heterocycles. The smallest absolute Gasteiger partial charge is 0.335 e. The second-order valence-electron chi connectivity index (χ2n) is 8.88. The minimum absolute atomic E-state index is 0.186. The number of tetrazole rings is 1. The van der Waals surface area contributed by atoms with Gasteiger partial charge < -0.3 is 20.7 Å². The van der Waals surface area contributed by atoms with Gasteiger partial charge in [0.25, 0.3) is 0 Å². The Morgan fingerprint density at radius 2 is 2.05 bits per heavy atom. The van der Waals surface area contributed by atoms with Crippen LogP contribution in [-0.4, -0.2) is 53.7 Å². The van der Waals surface area contributed by atoms with Crippen molar-refractivity contribution in [3.63, 3.8) is 0 Å². The summed E-state index contributed by atoms with van der Waals surface area (Å²) in [5.41, 5.74) is 3.76. The van der Waals surface area contributed by atoms with Gasteiger partial charge in [-0.25, -0.2) is 9.78 Å². The molecule has 38 heavy (non-hydrogen) atoms. The first-order chi connectivity index (χ1) is 18.5. The van der Waals surface area contributed by atoms with Crippen LogP contribution in [0, 0.1) is 0 Å². The highest BCUT2D eigenvalue weighted by Gasteiger charge is 2.20. The van der Waals surface area contributed by atoms with Gasteiger partial charge in [0, 0.05) is 34.5 Å². The SMILES string of the molecule is O=C(C=Cc1cc(Cl)ccc1-n1cnnn1)NC1CCCCCNc2ccc(C(=O)O)cc2-c2cnc1[nH]2. The van der Waals surface area contributed by atoms with Gasteiger partial charge in [0.2, 0.25) is 5.91 Å². The number of carboxylic acids is 1. The van der Waals surface area contributed by atoms with E-state index < -0.39 is 5.97 Å². The van der Waals surface area contributed by atoms with E-state index in [9.17, 15) is 14.7 Å². The molecular weight excluding hydrogens is 508 g/mol. The number of rotatable bonds is 5. The summed E-state index contributed by atoms with van der Waals surface area (Å²) in [6.07, 6.45) is 9.73. The molecule has 0 radical (unpaired) electrons. The van der Waals surface area contributed by atoms with E-state index in [0.717, 1.165) is 31.5 Å². The quantitative estimate of drug-likeness (QED) is 0.278. The molecule has 0 fully saturated rings. The molecular formula is C26H25ClN8O3. The number of nitrogens with one attached hydrogen (secondary N) is 3. The number of hydrogen-bond acceptors (Lipinski definition) is 7. The number of imidazole rings is 1. The predicted octanol–water partition coefficient (Wildman–Crippen LogP) is 4.26. The van der Waals surface area contributed by atoms with E-state index in [1.807, 2.05) is 0 Å². The molecule has 1 atom stereocenters. The fourth-order valence-electron chi connectivity index (χ4n) is 4.38. The normalized spacial score (nSPS) is 15.7. The molecule has 1 aliphatic rings. The highest BCUT2D eigenvalue weighted by molar-refractivity contribution is 6.30. The summed E-state index contributed by atoms with van der Waals surface area (Å²) >= 11 is 6.18. The minimum atomic E-state index is -1.00. The van der Waals surface area contributed by atoms with E-state index in [4.69, 9.17) is 11.6 Å². The van der Waals surface area contributed by atoms with Gasteiger partial charge in [-0.1, -0.05) is 24.4 Å². The molecule has 0 aliphatic carbocycles. The Balaban J connectivity index is 1.39. The lowest BCUT2D eigenvalue weighted by atomic mass is 10.0. The van der Waals surface area contributed by atoms with Gasteiger partial charge in [-0.3, -0.25) is 4.79 Å². The zero-order valence-electron chi connectivity index (χ0n) is 20.3. The molecule has 0 saturated heterocycles. The lowest BCUT2D eigenvalue weighted by Gasteiger charge is -2.17. The van der Waals surface area contributed by atoms with Crippen LogP contribution in [0.15, 0.2) is 55.0 Å². The van der Waals surface area contributed by atoms with E-state index in [0.29, 0.717) is 39.8 Å². The maximum atomic E-state index is 13.0. The van der Waals surface area contributed by atoms with Gasteiger partial charge in [0.1, 0.15) is 12.2 Å². The molecule has 11 nitrogen and oxygen atoms in total. The van der Waals surface area contributed by atoms with Crippen molar-refractivity contribution in [2.45, 2.75) is 31.7 Å². The van der Waals surface area contributed by atoms with Crippen LogP contribution >= 0.6 is 11.6 Å². The number of aromatic nitrogens is 6. The molecule has 194 valence electrons. The molecule has 5 rings (SSSR count). The number of nitrogens with zero attached hydrogens (tertiary/aromatic N) is 5. The van der Waals surface area contributed by atoms with Gasteiger partial charge in [-0.15, -0.1) is 5.10 Å². The summed E-state index contributed by atoms with van der Waals surface area (Å²) in [4.78, 5) is 32.4. The van der Waals surface area contributed by atoms with Gasteiger partial charge in [-0.05, 0) is 65.7 Å². The fraction of sp³-hybridized carbons (Fsp3) is 0.231. The molecule has 4 aromatic rings. The van der Waals surface area contributed by atoms with Gasteiger partial charge in [0.15, 0.2) is 0 Å². The summed E-state index contributed by atoms with van der Waals surface area (Å²) in [6.45, 7) is 0.753. The molecule has 3 heterocycles. The second-order valence-corrected chi connectivity index (χ2v) is 9.31. The number of carbonyl (C=O) groups is 2. The van der Waals surface area contributed by atoms with E-state index >= 15 is 0 Å². The number of amides is 1. The summed E-state index contributed by atoms with van der Waals surface area (Å²) in [5.74, 6) is -0.692. The lowest BCUT2D eigenvalue weighted by molar-refractivity contribution is -0.117. The molecule has 4 N–H and O–H groups in total. The van der Waals surface area contributed by atoms with Crippen LogP contribution in [0.1, 0.15) is 53.5 Å². The van der Waals surface area contributed by atoms with Crippen LogP contribution in [0.3, 0.4) is 0 Å². The number of benzene rings is 2. The summed E-state index contributed by atoms with van der Waals surface area (Å²) in [6, 6.07) is 9.85. The van der Waals surface area contributed by atoms with E-state index in [1.165, 1.54) is 17.1 Å². The highest BCUT2D eigenvalue weighted by atomic mass is 35.5. The van der Waals surface area contributed by atoms with Crippen molar-refractivity contribution < 1.29 is 14.7 Å². The Bertz CT molecular complexity index is 1480. The fourth-order valence-corrected chi connectivity index (χ4v) is 4.56. The van der Waals surface area contributed by atoms with E-state index in [2.05, 4.69) is 36.1 Å². The monoisotopic (exact) mass is 532 g/mol. The van der Waals surface area contributed by atoms with Crippen molar-refractivity contribution in [2.75, 3.05) is 11.9 Å². The standard InChI is InChI=1S/C26H25ClN8O3/c27-18-7-9-23(35-15-30-33-34-35)16(12-18)6-10-24(36)31-21-4-2-1-3-11-28-20-8-5-17(26(37)38)13-19(20)22-14-29-25(21)32-22/h5-10,12-15,21,28H,1-4,11H2,(H,29,32)(H,31,36)(H,37,38). The first kappa shape index (κ1) is 25.2. The number of aromatic carboxylic acids is 1. The van der Waals surface area contributed by atoms with Crippen LogP contribution in [0.2, 0.25) is 5.02 Å². The third-order valence-electron chi connectivity index (χ3n) is 6.28. The molecule has 12 heteroatoms. The Labute approximate surface area is 222 Å². The third-order valence-corrected chi connectivity index (χ3v) is 6.52. The average Bonchev–Trinajstić information content (AvgIpc) is 3.61. The van der Waals surface area contributed by atoms with Crippen LogP contribution < -0.4 is 10.6 Å². The molecule has 2 aromatic carbocycles. The van der Waals surface area contributed by atoms with Crippen LogP contribution in [0.5, 0.6) is 0 Å². The van der Waals surface area contributed by atoms with E-state index in [-0.39, 0.29) is 17.5 Å². The largest absolute Gasteiger partial charge is 0.478 e. The van der Waals surface area contributed by atoms with Crippen LogP contribution in [-0.2, 0) is 4.79 Å². The number of H-pyrrole nitrogens is 1. The van der Waals surface area contributed by atoms with Crippen LogP contribution in [0.25, 0.3) is 23.0 Å². The highest BCUT2D eigenvalue weighted by Crippen LogP contribution is 2.30. The second kappa shape index (κ2) is 11.3. The Morgan fingerprint density at radius 1 is 1.16 bits per heavy atom. The predicted molar refractivity (Wildman–Crippen MR) is 142 cm³/mol. The summed E-state index contributed by atoms with van der Waals surface area (Å²) in [7, 11) is 0. The van der Waals surface area contributed by atoms with Crippen molar-refractivity contribution >= 4 is 35.2 Å². The molecule has 2 bridgehead atoms. The number of hydrogen-bond donors (Lipinski definition) is 4. The average molecular weight is 533 g/mol. The molecule has 1 unspecified atom stereocenters. The summed E-state index contributed by atoms with van der Waals surface area (Å²) < 4.78 is 1.49. The number of fused-ring (bicyclic) bond motifs is 4. The first-order valence-corrected chi connectivity index (χ1v) is 12.5. The zero-order valence-corrected chi connectivity index (χ0v) is 21.0. The number of anilines is 1. The topological polar surface area (TPSA) is 151 Å². The molecule has 0 spiro atoms. The Hall–Kier alpha value is -4.51. The van der Waals surface area contributed by atoms with Gasteiger partial charge in [0.05, 0.1) is 29.2 Å². The minimum Gasteiger partial charge on any atom is -0.478 e. The van der Waals surface area contributed by atoms with Crippen molar-refractivity contribution in [1.82, 2.24) is 35.5 Å². The maximum absolute atomic E-state index is 13.0. The van der Waals surface area contributed by atoms with Gasteiger partial charge >= 0.3 is 5.97 Å². The third kappa shape index (κ3) is 5.73. The van der Waals surface area contributed by atoms with E-state index in [1.54, 1.807) is 48.7 Å². The molecule has 0 saturated carbocycles. The Morgan fingerprint density at radius 3 is 2.87 bits per heavy atom. The van der Waals surface area contributed by atoms with Crippen LogP contribution in [0.4, 0.5) is 5.69 Å². The maximum Gasteiger partial charge on any atom is 0.335 e.